The van der Waals surface area contributed by atoms with E-state index in [1.807, 2.05) is 19.1 Å². The number of carboxylic acids is 1. The lowest BCUT2D eigenvalue weighted by Crippen LogP contribution is -2.29. The molecule has 2 aromatic rings. The molecule has 1 amide bonds. The van der Waals surface area contributed by atoms with Gasteiger partial charge in [0.2, 0.25) is 0 Å². The van der Waals surface area contributed by atoms with Crippen molar-refractivity contribution in [2.24, 2.45) is 10.2 Å². The first-order chi connectivity index (χ1) is 14.8. The van der Waals surface area contributed by atoms with Gasteiger partial charge in [0.25, 0.3) is 5.91 Å². The van der Waals surface area contributed by atoms with Crippen LogP contribution in [-0.4, -0.2) is 45.1 Å². The van der Waals surface area contributed by atoms with Crippen molar-refractivity contribution in [2.45, 2.75) is 39.5 Å². The number of aromatic hydroxyl groups is 1. The second-order valence-corrected chi connectivity index (χ2v) is 7.48. The van der Waals surface area contributed by atoms with Crippen molar-refractivity contribution in [3.05, 3.63) is 59.2 Å². The SMILES string of the molecule is CC1=NN(CCCC(=O)O)C(=O)/C1=N/Nc1cccc(CCc2ccc(C)cc2)c1O. The van der Waals surface area contributed by atoms with Crippen molar-refractivity contribution in [1.29, 1.82) is 0 Å². The molecular weight excluding hydrogens is 396 g/mol. The first kappa shape index (κ1) is 22.0. The number of anilines is 1. The molecule has 0 radical (unpaired) electrons. The molecule has 0 bridgehead atoms. The van der Waals surface area contributed by atoms with Crippen molar-refractivity contribution in [1.82, 2.24) is 5.01 Å². The molecule has 31 heavy (non-hydrogen) atoms. The Kier molecular flexibility index (Phi) is 7.02. The third kappa shape index (κ3) is 5.69. The third-order valence-electron chi connectivity index (χ3n) is 5.02. The second-order valence-electron chi connectivity index (χ2n) is 7.48. The number of nitrogens with one attached hydrogen (secondary N) is 1. The second kappa shape index (κ2) is 9.88. The predicted molar refractivity (Wildman–Crippen MR) is 119 cm³/mol. The number of hydrazone groups is 2. The van der Waals surface area contributed by atoms with E-state index in [4.69, 9.17) is 5.11 Å². The van der Waals surface area contributed by atoms with Crippen LogP contribution in [0.15, 0.2) is 52.7 Å². The minimum Gasteiger partial charge on any atom is -0.505 e. The lowest BCUT2D eigenvalue weighted by molar-refractivity contribution is -0.137. The van der Waals surface area contributed by atoms with Crippen molar-refractivity contribution >= 4 is 29.0 Å². The van der Waals surface area contributed by atoms with Crippen molar-refractivity contribution < 1.29 is 19.8 Å². The smallest absolute Gasteiger partial charge is 0.303 e. The minimum absolute atomic E-state index is 0.0354. The third-order valence-corrected chi connectivity index (χ3v) is 5.02. The van der Waals surface area contributed by atoms with Crippen LogP contribution in [0.4, 0.5) is 5.69 Å². The number of benzene rings is 2. The zero-order valence-corrected chi connectivity index (χ0v) is 17.6. The van der Waals surface area contributed by atoms with Crippen LogP contribution >= 0.6 is 0 Å². The summed E-state index contributed by atoms with van der Waals surface area (Å²) in [6, 6.07) is 13.7. The van der Waals surface area contributed by atoms with E-state index in [1.54, 1.807) is 13.0 Å². The number of para-hydroxylation sites is 1. The maximum Gasteiger partial charge on any atom is 0.303 e. The molecule has 0 aliphatic carbocycles. The number of aliphatic carboxylic acids is 1. The fourth-order valence-corrected chi connectivity index (χ4v) is 3.24. The van der Waals surface area contributed by atoms with Gasteiger partial charge >= 0.3 is 5.97 Å². The van der Waals surface area contributed by atoms with E-state index < -0.39 is 11.9 Å². The molecule has 2 aromatic carbocycles. The van der Waals surface area contributed by atoms with Crippen molar-refractivity contribution in [3.8, 4) is 5.75 Å². The van der Waals surface area contributed by atoms with Gasteiger partial charge in [0.05, 0.1) is 11.4 Å². The first-order valence-electron chi connectivity index (χ1n) is 10.1. The van der Waals surface area contributed by atoms with Gasteiger partial charge in [-0.25, -0.2) is 5.01 Å². The molecule has 0 atom stereocenters. The highest BCUT2D eigenvalue weighted by molar-refractivity contribution is 6.68. The summed E-state index contributed by atoms with van der Waals surface area (Å²) in [5.41, 5.74) is 6.92. The van der Waals surface area contributed by atoms with Crippen LogP contribution in [-0.2, 0) is 22.4 Å². The lowest BCUT2D eigenvalue weighted by atomic mass is 10.0. The standard InChI is InChI=1S/C23H26N4O4/c1-15-8-10-17(11-9-15)12-13-18-5-3-6-19(22(18)30)24-25-21-16(2)26-27(23(21)31)14-4-7-20(28)29/h3,5-6,8-11,24,30H,4,7,12-14H2,1-2H3,(H,28,29)/b25-21+. The molecule has 8 nitrogen and oxygen atoms in total. The zero-order valence-electron chi connectivity index (χ0n) is 17.6. The Hall–Kier alpha value is -3.68. The number of rotatable bonds is 9. The largest absolute Gasteiger partial charge is 0.505 e. The van der Waals surface area contributed by atoms with Crippen LogP contribution in [0.5, 0.6) is 5.75 Å². The summed E-state index contributed by atoms with van der Waals surface area (Å²) in [6.45, 7) is 3.91. The van der Waals surface area contributed by atoms with E-state index in [0.29, 0.717) is 24.2 Å². The highest BCUT2D eigenvalue weighted by Crippen LogP contribution is 2.28. The summed E-state index contributed by atoms with van der Waals surface area (Å²) < 4.78 is 0. The average Bonchev–Trinajstić information content (AvgIpc) is 3.00. The van der Waals surface area contributed by atoms with Gasteiger partial charge in [-0.05, 0) is 50.3 Å². The first-order valence-corrected chi connectivity index (χ1v) is 10.1. The number of hydrogen-bond acceptors (Lipinski definition) is 6. The van der Waals surface area contributed by atoms with Gasteiger partial charge in [-0.2, -0.15) is 10.2 Å². The number of carbonyl (C=O) groups excluding carboxylic acids is 1. The summed E-state index contributed by atoms with van der Waals surface area (Å²) in [6.07, 6.45) is 1.73. The molecule has 0 unspecified atom stereocenters. The van der Waals surface area contributed by atoms with E-state index in [1.165, 1.54) is 16.1 Å². The van der Waals surface area contributed by atoms with Gasteiger partial charge in [-0.1, -0.05) is 42.0 Å². The van der Waals surface area contributed by atoms with E-state index in [0.717, 1.165) is 12.0 Å². The maximum atomic E-state index is 12.5. The number of amides is 1. The Morgan fingerprint density at radius 3 is 2.58 bits per heavy atom. The quantitative estimate of drug-likeness (QED) is 0.424. The summed E-state index contributed by atoms with van der Waals surface area (Å²) in [5.74, 6) is -1.22. The molecule has 1 aliphatic heterocycles. The summed E-state index contributed by atoms with van der Waals surface area (Å²) in [7, 11) is 0. The van der Waals surface area contributed by atoms with E-state index in [-0.39, 0.29) is 24.4 Å². The number of nitrogens with zero attached hydrogens (tertiary/aromatic N) is 3. The molecule has 1 aliphatic rings. The highest BCUT2D eigenvalue weighted by Gasteiger charge is 2.29. The van der Waals surface area contributed by atoms with Crippen molar-refractivity contribution in [3.63, 3.8) is 0 Å². The normalized spacial score (nSPS) is 14.8. The molecule has 1 heterocycles. The van der Waals surface area contributed by atoms with E-state index in [2.05, 4.69) is 39.9 Å². The molecule has 0 fully saturated rings. The Labute approximate surface area is 180 Å². The number of aryl methyl sites for hydroxylation is 3. The van der Waals surface area contributed by atoms with Crippen LogP contribution < -0.4 is 5.43 Å². The number of carbonyl (C=O) groups is 2. The maximum absolute atomic E-state index is 12.5. The highest BCUT2D eigenvalue weighted by atomic mass is 16.4. The summed E-state index contributed by atoms with van der Waals surface area (Å²) >= 11 is 0. The van der Waals surface area contributed by atoms with Gasteiger partial charge in [-0.3, -0.25) is 15.0 Å². The van der Waals surface area contributed by atoms with Gasteiger partial charge in [0.1, 0.15) is 5.75 Å². The minimum atomic E-state index is -0.916. The number of hydrogen-bond donors (Lipinski definition) is 3. The van der Waals surface area contributed by atoms with E-state index in [9.17, 15) is 14.7 Å². The molecule has 3 N–H and O–H groups in total. The Morgan fingerprint density at radius 1 is 1.13 bits per heavy atom. The molecule has 0 aromatic heterocycles. The molecule has 0 saturated carbocycles. The molecule has 0 saturated heterocycles. The van der Waals surface area contributed by atoms with Crippen LogP contribution in [0.2, 0.25) is 0 Å². The van der Waals surface area contributed by atoms with Crippen LogP contribution in [0.25, 0.3) is 0 Å². The topological polar surface area (TPSA) is 115 Å². The molecule has 8 heteroatoms. The summed E-state index contributed by atoms with van der Waals surface area (Å²) in [5, 5.41) is 28.9. The fourth-order valence-electron chi connectivity index (χ4n) is 3.24. The fraction of sp³-hybridized carbons (Fsp3) is 0.304. The predicted octanol–water partition coefficient (Wildman–Crippen LogP) is 3.34. The average molecular weight is 422 g/mol. The van der Waals surface area contributed by atoms with Crippen LogP contribution in [0.3, 0.4) is 0 Å². The van der Waals surface area contributed by atoms with Gasteiger partial charge in [0.15, 0.2) is 5.71 Å². The molecule has 162 valence electrons. The monoisotopic (exact) mass is 422 g/mol. The number of phenolic OH excluding ortho intramolecular Hbond substituents is 1. The van der Waals surface area contributed by atoms with Crippen molar-refractivity contribution in [2.75, 3.05) is 12.0 Å². The van der Waals surface area contributed by atoms with Gasteiger partial charge in [-0.15, -0.1) is 0 Å². The zero-order chi connectivity index (χ0) is 22.4. The Balaban J connectivity index is 1.64. The molecule has 3 rings (SSSR count). The molecule has 0 spiro atoms. The van der Waals surface area contributed by atoms with E-state index >= 15 is 0 Å². The Morgan fingerprint density at radius 2 is 1.87 bits per heavy atom. The van der Waals surface area contributed by atoms with Gasteiger partial charge in [0, 0.05) is 13.0 Å². The number of phenols is 1. The lowest BCUT2D eigenvalue weighted by Gasteiger charge is -2.11. The Bertz CT molecular complexity index is 1030. The van der Waals surface area contributed by atoms with Crippen LogP contribution in [0, 0.1) is 6.92 Å². The molecular formula is C23H26N4O4. The number of carboxylic acid groups (broad SMARTS) is 1. The summed E-state index contributed by atoms with van der Waals surface area (Å²) in [4.78, 5) is 23.1. The van der Waals surface area contributed by atoms with Gasteiger partial charge < -0.3 is 10.2 Å². The van der Waals surface area contributed by atoms with Crippen LogP contribution in [0.1, 0.15) is 36.5 Å².